The molecule has 11 nitrogen and oxygen atoms in total. The molecule has 258 valence electrons. The maximum atomic E-state index is 16.9. The molecule has 5 aliphatic heterocycles. The number of aromatic hydroxyl groups is 1. The molecule has 5 fully saturated rings. The number of thioether (sulfide) groups is 1. The van der Waals surface area contributed by atoms with Gasteiger partial charge in [-0.2, -0.15) is 9.97 Å². The van der Waals surface area contributed by atoms with Crippen LogP contribution < -0.4 is 15.0 Å². The van der Waals surface area contributed by atoms with Gasteiger partial charge in [-0.25, -0.2) is 4.39 Å². The fourth-order valence-corrected chi connectivity index (χ4v) is 9.90. The number of ether oxygens (including phenoxy) is 1. The van der Waals surface area contributed by atoms with E-state index in [0.29, 0.717) is 42.0 Å². The quantitative estimate of drug-likeness (QED) is 0.266. The fraction of sp³-hybridized carbons (Fsp3) is 0.432. The van der Waals surface area contributed by atoms with E-state index < -0.39 is 22.2 Å². The molecule has 0 saturated carbocycles. The Bertz CT molecular complexity index is 2060. The first kappa shape index (κ1) is 31.5. The molecule has 1 aromatic heterocycles. The van der Waals surface area contributed by atoms with E-state index in [1.807, 2.05) is 35.2 Å². The molecule has 0 spiro atoms. The molecular weight excluding hydrogens is 660 g/mol. The van der Waals surface area contributed by atoms with Crippen LogP contribution in [0.2, 0.25) is 0 Å². The van der Waals surface area contributed by atoms with E-state index in [2.05, 4.69) is 15.1 Å². The monoisotopic (exact) mass is 696 g/mol. The molecule has 0 aliphatic carbocycles. The second-order valence-corrected chi connectivity index (χ2v) is 15.4. The lowest BCUT2D eigenvalue weighted by molar-refractivity contribution is -0.136. The molecule has 5 aliphatic rings. The Kier molecular flexibility index (Phi) is 7.61. The highest BCUT2D eigenvalue weighted by Crippen LogP contribution is 2.42. The van der Waals surface area contributed by atoms with E-state index in [4.69, 9.17) is 14.7 Å². The van der Waals surface area contributed by atoms with E-state index in [1.165, 1.54) is 0 Å². The number of halogens is 1. The predicted molar refractivity (Wildman–Crippen MR) is 188 cm³/mol. The number of hydrogen-bond acceptors (Lipinski definition) is 10. The number of nitrogens with one attached hydrogen (secondary N) is 1. The van der Waals surface area contributed by atoms with Gasteiger partial charge in [-0.15, -0.1) is 0 Å². The lowest BCUT2D eigenvalue weighted by atomic mass is 9.95. The molecule has 50 heavy (non-hydrogen) atoms. The predicted octanol–water partition coefficient (Wildman–Crippen LogP) is 5.22. The fourth-order valence-electron chi connectivity index (χ4n) is 9.09. The molecule has 6 heterocycles. The number of amides is 3. The Morgan fingerprint density at radius 2 is 1.76 bits per heavy atom. The standard InChI is InChI=1S/C37H37FN6O5S/c38-31-26(28-16-24(45)15-21-5-1-2-6-25(21)28)9-10-27-32(31)39-35(49-20-37-11-3-13-43(37)14-4-12-37)40-33(27)42-18-22-7-8-23(19-42)44(22)30(46)17-29-34(47)41-36(48)50-29/h1-2,5-6,9-10,15-16,22-23,29,45H,3-4,7-8,11-14,17-20H2,(H,41,47,48)/t22-,23+,29?. The van der Waals surface area contributed by atoms with Gasteiger partial charge in [-0.05, 0) is 86.1 Å². The number of hydrogen-bond donors (Lipinski definition) is 2. The lowest BCUT2D eigenvalue weighted by Gasteiger charge is -2.42. The minimum atomic E-state index is -0.714. The summed E-state index contributed by atoms with van der Waals surface area (Å²) < 4.78 is 23.3. The number of fused-ring (bicyclic) bond motifs is 5. The molecule has 0 radical (unpaired) electrons. The summed E-state index contributed by atoms with van der Waals surface area (Å²) in [6, 6.07) is 14.3. The summed E-state index contributed by atoms with van der Waals surface area (Å²) in [6.07, 6.45) is 5.90. The van der Waals surface area contributed by atoms with Crippen LogP contribution >= 0.6 is 11.8 Å². The number of nitrogens with zero attached hydrogens (tertiary/aromatic N) is 5. The van der Waals surface area contributed by atoms with Crippen LogP contribution in [-0.2, 0) is 9.59 Å². The first-order chi connectivity index (χ1) is 24.3. The van der Waals surface area contributed by atoms with Crippen molar-refractivity contribution in [1.82, 2.24) is 25.1 Å². The zero-order valence-electron chi connectivity index (χ0n) is 27.4. The highest BCUT2D eigenvalue weighted by Gasteiger charge is 2.46. The van der Waals surface area contributed by atoms with Crippen molar-refractivity contribution in [3.05, 3.63) is 54.3 Å². The molecule has 13 heteroatoms. The Balaban J connectivity index is 1.08. The summed E-state index contributed by atoms with van der Waals surface area (Å²) >= 11 is 0.869. The molecule has 3 aromatic carbocycles. The SMILES string of the molecule is O=C1NC(=O)C(CC(=O)N2[C@@H]3CC[C@H]2CN(c2nc(OCC45CCCN4CCC5)nc4c(F)c(-c5cc(O)cc6ccccc56)ccc24)C3)S1. The van der Waals surface area contributed by atoms with Crippen molar-refractivity contribution in [2.75, 3.05) is 37.7 Å². The molecule has 4 aromatic rings. The Morgan fingerprint density at radius 3 is 2.50 bits per heavy atom. The van der Waals surface area contributed by atoms with Crippen LogP contribution in [0.1, 0.15) is 44.9 Å². The summed E-state index contributed by atoms with van der Waals surface area (Å²) in [5, 5.41) is 13.8. The first-order valence-corrected chi connectivity index (χ1v) is 18.3. The number of imide groups is 1. The van der Waals surface area contributed by atoms with Gasteiger partial charge in [0.2, 0.25) is 11.8 Å². The average Bonchev–Trinajstić information content (AvgIpc) is 3.84. The summed E-state index contributed by atoms with van der Waals surface area (Å²) in [6.45, 7) is 3.49. The summed E-state index contributed by atoms with van der Waals surface area (Å²) in [4.78, 5) is 53.5. The maximum absolute atomic E-state index is 16.9. The molecule has 1 unspecified atom stereocenters. The van der Waals surface area contributed by atoms with Gasteiger partial charge >= 0.3 is 6.01 Å². The largest absolute Gasteiger partial charge is 0.508 e. The van der Waals surface area contributed by atoms with Crippen LogP contribution in [0.5, 0.6) is 11.8 Å². The van der Waals surface area contributed by atoms with Crippen LogP contribution in [0.4, 0.5) is 15.0 Å². The number of carbonyl (C=O) groups excluding carboxylic acids is 3. The van der Waals surface area contributed by atoms with Crippen LogP contribution in [0.15, 0.2) is 48.5 Å². The van der Waals surface area contributed by atoms with E-state index in [9.17, 15) is 19.5 Å². The van der Waals surface area contributed by atoms with Crippen LogP contribution in [0.25, 0.3) is 32.8 Å². The number of carbonyl (C=O) groups is 3. The number of anilines is 1. The minimum absolute atomic E-state index is 0.0276. The highest BCUT2D eigenvalue weighted by atomic mass is 32.2. The number of piperazine rings is 1. The van der Waals surface area contributed by atoms with Crippen molar-refractivity contribution in [2.45, 2.75) is 67.8 Å². The highest BCUT2D eigenvalue weighted by molar-refractivity contribution is 8.15. The summed E-state index contributed by atoms with van der Waals surface area (Å²) in [5.41, 5.74) is 0.972. The van der Waals surface area contributed by atoms with Crippen LogP contribution in [0.3, 0.4) is 0 Å². The number of phenols is 1. The van der Waals surface area contributed by atoms with Gasteiger partial charge in [-0.3, -0.25) is 24.6 Å². The van der Waals surface area contributed by atoms with E-state index in [-0.39, 0.29) is 47.2 Å². The van der Waals surface area contributed by atoms with Gasteiger partial charge in [0.05, 0.1) is 5.54 Å². The number of rotatable bonds is 7. The third kappa shape index (κ3) is 5.24. The van der Waals surface area contributed by atoms with E-state index >= 15 is 4.39 Å². The van der Waals surface area contributed by atoms with Gasteiger partial charge < -0.3 is 19.6 Å². The molecule has 2 bridgehead atoms. The van der Waals surface area contributed by atoms with E-state index in [0.717, 1.165) is 74.1 Å². The summed E-state index contributed by atoms with van der Waals surface area (Å²) in [5.74, 6) is -0.473. The number of benzene rings is 3. The Hall–Kier alpha value is -4.49. The molecule has 3 amide bonds. The van der Waals surface area contributed by atoms with Crippen LogP contribution in [0, 0.1) is 5.82 Å². The van der Waals surface area contributed by atoms with Gasteiger partial charge in [0.1, 0.15) is 28.9 Å². The van der Waals surface area contributed by atoms with Crippen molar-refractivity contribution in [3.63, 3.8) is 0 Å². The van der Waals surface area contributed by atoms with Crippen molar-refractivity contribution in [2.24, 2.45) is 0 Å². The van der Waals surface area contributed by atoms with Gasteiger partial charge in [-0.1, -0.05) is 42.1 Å². The molecule has 5 saturated heterocycles. The summed E-state index contributed by atoms with van der Waals surface area (Å²) in [7, 11) is 0. The molecule has 3 atom stereocenters. The van der Waals surface area contributed by atoms with Gasteiger partial charge in [0.15, 0.2) is 5.82 Å². The molecule has 2 N–H and O–H groups in total. The zero-order valence-corrected chi connectivity index (χ0v) is 28.3. The second kappa shape index (κ2) is 12.1. The maximum Gasteiger partial charge on any atom is 0.319 e. The second-order valence-electron chi connectivity index (χ2n) is 14.3. The minimum Gasteiger partial charge on any atom is -0.508 e. The first-order valence-electron chi connectivity index (χ1n) is 17.4. The van der Waals surface area contributed by atoms with Gasteiger partial charge in [0.25, 0.3) is 5.24 Å². The van der Waals surface area contributed by atoms with Crippen molar-refractivity contribution in [3.8, 4) is 22.9 Å². The van der Waals surface area contributed by atoms with Crippen molar-refractivity contribution >= 4 is 56.3 Å². The zero-order chi connectivity index (χ0) is 34.1. The number of phenolic OH excluding ortho intramolecular Hbond substituents is 1. The van der Waals surface area contributed by atoms with Crippen LogP contribution in [-0.4, -0.2) is 97.6 Å². The lowest BCUT2D eigenvalue weighted by Crippen LogP contribution is -2.56. The normalized spacial score (nSPS) is 24.4. The van der Waals surface area contributed by atoms with Crippen molar-refractivity contribution < 1.29 is 28.6 Å². The van der Waals surface area contributed by atoms with Gasteiger partial charge in [0, 0.05) is 42.5 Å². The smallest absolute Gasteiger partial charge is 0.319 e. The third-order valence-electron chi connectivity index (χ3n) is 11.4. The van der Waals surface area contributed by atoms with Crippen molar-refractivity contribution in [1.29, 1.82) is 0 Å². The average molecular weight is 697 g/mol. The Morgan fingerprint density at radius 1 is 1.00 bits per heavy atom. The topological polar surface area (TPSA) is 128 Å². The van der Waals surface area contributed by atoms with E-state index in [1.54, 1.807) is 18.2 Å². The molecule has 9 rings (SSSR count). The number of aromatic nitrogens is 2. The third-order valence-corrected chi connectivity index (χ3v) is 12.4. The molecular formula is C37H37FN6O5S. The Labute approximate surface area is 292 Å².